The molecule has 6 heteroatoms. The summed E-state index contributed by atoms with van der Waals surface area (Å²) in [5, 5.41) is 3.58. The summed E-state index contributed by atoms with van der Waals surface area (Å²) in [7, 11) is 3.94. The van der Waals surface area contributed by atoms with Crippen molar-refractivity contribution in [3.63, 3.8) is 0 Å². The van der Waals surface area contributed by atoms with E-state index in [-0.39, 0.29) is 11.2 Å². The van der Waals surface area contributed by atoms with Crippen molar-refractivity contribution >= 4 is 5.96 Å². The van der Waals surface area contributed by atoms with E-state index in [4.69, 9.17) is 9.47 Å². The molecule has 0 unspecified atom stereocenters. The predicted octanol–water partition coefficient (Wildman–Crippen LogP) is 3.20. The summed E-state index contributed by atoms with van der Waals surface area (Å²) in [4.78, 5) is 6.71. The molecule has 0 bridgehead atoms. The molecular formula is C22H34FN3O2. The molecule has 5 nitrogen and oxygen atoms in total. The summed E-state index contributed by atoms with van der Waals surface area (Å²) >= 11 is 0. The predicted molar refractivity (Wildman–Crippen MR) is 110 cm³/mol. The third-order valence-electron chi connectivity index (χ3n) is 6.28. The topological polar surface area (TPSA) is 46.1 Å². The second-order valence-electron chi connectivity index (χ2n) is 8.07. The molecule has 0 amide bonds. The molecule has 156 valence electrons. The number of guanidine groups is 1. The van der Waals surface area contributed by atoms with Crippen LogP contribution in [0.25, 0.3) is 0 Å². The number of hydrogen-bond acceptors (Lipinski definition) is 3. The van der Waals surface area contributed by atoms with Crippen LogP contribution in [0.1, 0.15) is 37.7 Å². The zero-order valence-corrected chi connectivity index (χ0v) is 17.3. The van der Waals surface area contributed by atoms with Gasteiger partial charge in [0.05, 0.1) is 0 Å². The van der Waals surface area contributed by atoms with Crippen LogP contribution in [0, 0.1) is 11.7 Å². The zero-order valence-electron chi connectivity index (χ0n) is 17.3. The molecule has 0 atom stereocenters. The minimum absolute atomic E-state index is 0.0521. The molecule has 3 rings (SSSR count). The monoisotopic (exact) mass is 391 g/mol. The summed E-state index contributed by atoms with van der Waals surface area (Å²) < 4.78 is 24.5. The summed E-state index contributed by atoms with van der Waals surface area (Å²) in [6.07, 6.45) is 5.33. The van der Waals surface area contributed by atoms with Crippen LogP contribution in [-0.2, 0) is 14.9 Å². The minimum atomic E-state index is -0.192. The van der Waals surface area contributed by atoms with Crippen molar-refractivity contribution in [1.29, 1.82) is 0 Å². The Labute approximate surface area is 168 Å². The highest BCUT2D eigenvalue weighted by Crippen LogP contribution is 2.34. The minimum Gasteiger partial charge on any atom is -0.381 e. The van der Waals surface area contributed by atoms with Crippen LogP contribution in [0.4, 0.5) is 4.39 Å². The van der Waals surface area contributed by atoms with E-state index in [9.17, 15) is 4.39 Å². The Morgan fingerprint density at radius 2 is 1.79 bits per heavy atom. The Morgan fingerprint density at radius 1 is 1.14 bits per heavy atom. The first kappa shape index (κ1) is 21.1. The average molecular weight is 392 g/mol. The van der Waals surface area contributed by atoms with E-state index in [1.807, 2.05) is 19.2 Å². The molecule has 28 heavy (non-hydrogen) atoms. The lowest BCUT2D eigenvalue weighted by atomic mass is 9.74. The fraction of sp³-hybridized carbons (Fsp3) is 0.682. The van der Waals surface area contributed by atoms with Gasteiger partial charge >= 0.3 is 0 Å². The van der Waals surface area contributed by atoms with Gasteiger partial charge in [0.15, 0.2) is 5.96 Å². The van der Waals surface area contributed by atoms with Crippen LogP contribution in [0.5, 0.6) is 0 Å². The second-order valence-corrected chi connectivity index (χ2v) is 8.07. The van der Waals surface area contributed by atoms with Crippen molar-refractivity contribution in [3.8, 4) is 0 Å². The number of benzene rings is 1. The fourth-order valence-electron chi connectivity index (χ4n) is 4.28. The summed E-state index contributed by atoms with van der Waals surface area (Å²) in [6, 6.07) is 6.95. The number of hydrogen-bond donors (Lipinski definition) is 1. The van der Waals surface area contributed by atoms with Crippen molar-refractivity contribution < 1.29 is 13.9 Å². The molecular weight excluding hydrogens is 357 g/mol. The summed E-state index contributed by atoms with van der Waals surface area (Å²) in [5.41, 5.74) is 1.12. The van der Waals surface area contributed by atoms with Crippen LogP contribution in [0.3, 0.4) is 0 Å². The molecule has 2 saturated heterocycles. The molecule has 0 saturated carbocycles. The highest BCUT2D eigenvalue weighted by Gasteiger charge is 2.35. The Bertz CT molecular complexity index is 623. The van der Waals surface area contributed by atoms with E-state index >= 15 is 0 Å². The van der Waals surface area contributed by atoms with Gasteiger partial charge < -0.3 is 19.7 Å². The quantitative estimate of drug-likeness (QED) is 0.598. The Kier molecular flexibility index (Phi) is 7.68. The molecule has 1 N–H and O–H groups in total. The van der Waals surface area contributed by atoms with Crippen molar-refractivity contribution in [2.45, 2.75) is 37.5 Å². The number of halogens is 1. The SMILES string of the molecule is CN=C(NCC1(c2ccc(F)cc2)CCOCC1)N(C)CCC1CCOCC1. The van der Waals surface area contributed by atoms with Crippen LogP contribution >= 0.6 is 0 Å². The smallest absolute Gasteiger partial charge is 0.193 e. The first-order valence-corrected chi connectivity index (χ1v) is 10.5. The summed E-state index contributed by atoms with van der Waals surface area (Å²) in [6.45, 7) is 5.01. The van der Waals surface area contributed by atoms with Gasteiger partial charge in [0.1, 0.15) is 5.82 Å². The highest BCUT2D eigenvalue weighted by atomic mass is 19.1. The van der Waals surface area contributed by atoms with Gasteiger partial charge in [-0.2, -0.15) is 0 Å². The molecule has 1 aromatic rings. The average Bonchev–Trinajstić information content (AvgIpc) is 2.74. The maximum absolute atomic E-state index is 13.4. The van der Waals surface area contributed by atoms with E-state index < -0.39 is 0 Å². The molecule has 0 aliphatic carbocycles. The van der Waals surface area contributed by atoms with Crippen LogP contribution in [-0.4, -0.2) is 64.5 Å². The van der Waals surface area contributed by atoms with Crippen molar-refractivity contribution in [2.75, 3.05) is 53.6 Å². The van der Waals surface area contributed by atoms with Gasteiger partial charge in [0.2, 0.25) is 0 Å². The second kappa shape index (κ2) is 10.2. The largest absolute Gasteiger partial charge is 0.381 e. The third kappa shape index (κ3) is 5.45. The van der Waals surface area contributed by atoms with Crippen LogP contribution in [0.15, 0.2) is 29.3 Å². The molecule has 0 spiro atoms. The number of ether oxygens (including phenoxy) is 2. The van der Waals surface area contributed by atoms with Crippen molar-refractivity contribution in [1.82, 2.24) is 10.2 Å². The van der Waals surface area contributed by atoms with E-state index in [0.717, 1.165) is 83.5 Å². The van der Waals surface area contributed by atoms with Crippen LogP contribution < -0.4 is 5.32 Å². The first-order chi connectivity index (χ1) is 13.6. The number of aliphatic imine (C=N–C) groups is 1. The zero-order chi connectivity index (χ0) is 19.8. The van der Waals surface area contributed by atoms with Gasteiger partial charge in [-0.15, -0.1) is 0 Å². The third-order valence-corrected chi connectivity index (χ3v) is 6.28. The van der Waals surface area contributed by atoms with E-state index in [1.165, 1.54) is 5.56 Å². The van der Waals surface area contributed by atoms with Gasteiger partial charge in [-0.3, -0.25) is 4.99 Å². The van der Waals surface area contributed by atoms with Gasteiger partial charge in [0, 0.05) is 59.0 Å². The molecule has 0 radical (unpaired) electrons. The van der Waals surface area contributed by atoms with Gasteiger partial charge in [-0.1, -0.05) is 12.1 Å². The lowest BCUT2D eigenvalue weighted by Gasteiger charge is -2.39. The van der Waals surface area contributed by atoms with Crippen molar-refractivity contribution in [3.05, 3.63) is 35.6 Å². The Hall–Kier alpha value is -1.66. The standard InChI is InChI=1S/C22H34FN3O2/c1-24-21(26(2)12-7-18-8-13-27-14-9-18)25-17-22(10-15-28-16-11-22)19-3-5-20(23)6-4-19/h3-6,18H,7-17H2,1-2H3,(H,24,25). The van der Waals surface area contributed by atoms with E-state index in [0.29, 0.717) is 0 Å². The highest BCUT2D eigenvalue weighted by molar-refractivity contribution is 5.79. The van der Waals surface area contributed by atoms with E-state index in [2.05, 4.69) is 22.3 Å². The molecule has 2 aliphatic heterocycles. The van der Waals surface area contributed by atoms with Crippen LogP contribution in [0.2, 0.25) is 0 Å². The van der Waals surface area contributed by atoms with Crippen molar-refractivity contribution in [2.24, 2.45) is 10.9 Å². The first-order valence-electron chi connectivity index (χ1n) is 10.5. The Balaban J connectivity index is 1.59. The lowest BCUT2D eigenvalue weighted by Crippen LogP contribution is -2.48. The lowest BCUT2D eigenvalue weighted by molar-refractivity contribution is 0.0510. The fourth-order valence-corrected chi connectivity index (χ4v) is 4.28. The molecule has 2 aliphatic rings. The van der Waals surface area contributed by atoms with E-state index in [1.54, 1.807) is 12.1 Å². The van der Waals surface area contributed by atoms with Gasteiger partial charge in [-0.05, 0) is 55.7 Å². The summed E-state index contributed by atoms with van der Waals surface area (Å²) in [5.74, 6) is 1.47. The van der Waals surface area contributed by atoms with Gasteiger partial charge in [-0.25, -0.2) is 4.39 Å². The molecule has 2 fully saturated rings. The molecule has 2 heterocycles. The Morgan fingerprint density at radius 3 is 2.43 bits per heavy atom. The maximum Gasteiger partial charge on any atom is 0.193 e. The normalized spacial score (nSPS) is 20.8. The molecule has 0 aromatic heterocycles. The number of nitrogens with one attached hydrogen (secondary N) is 1. The van der Waals surface area contributed by atoms with Gasteiger partial charge in [0.25, 0.3) is 0 Å². The number of rotatable bonds is 6. The number of nitrogens with zero attached hydrogens (tertiary/aromatic N) is 2. The molecule has 1 aromatic carbocycles. The maximum atomic E-state index is 13.4.